The molecule has 2 heteroatoms. The zero-order valence-electron chi connectivity index (χ0n) is 32.0. The highest BCUT2D eigenvalue weighted by Gasteiger charge is 2.39. The van der Waals surface area contributed by atoms with Gasteiger partial charge in [0.25, 0.3) is 0 Å². The fourth-order valence-electron chi connectivity index (χ4n) is 10.5. The zero-order valence-corrected chi connectivity index (χ0v) is 32.0. The summed E-state index contributed by atoms with van der Waals surface area (Å²) in [4.78, 5) is 0. The Morgan fingerprint density at radius 3 is 1.80 bits per heavy atom. The molecule has 0 spiro atoms. The molecule has 0 amide bonds. The average molecular weight is 721 g/mol. The first-order valence-electron chi connectivity index (χ1n) is 19.9. The van der Waals surface area contributed by atoms with Crippen LogP contribution < -0.4 is 4.74 Å². The molecule has 0 saturated heterocycles. The monoisotopic (exact) mass is 720 g/mol. The first-order chi connectivity index (χ1) is 27.3. The lowest BCUT2D eigenvalue weighted by molar-refractivity contribution is 0.270. The van der Waals surface area contributed by atoms with Crippen LogP contribution in [-0.4, -0.2) is 6.10 Å². The van der Waals surface area contributed by atoms with Gasteiger partial charge in [0, 0.05) is 33.1 Å². The van der Waals surface area contributed by atoms with Gasteiger partial charge in [0.2, 0.25) is 0 Å². The maximum atomic E-state index is 6.92. The van der Waals surface area contributed by atoms with Gasteiger partial charge in [-0.15, -0.1) is 0 Å². The fraction of sp³-hybridized carbons (Fsp3) is 0.148. The molecule has 2 unspecified atom stereocenters. The number of fused-ring (bicyclic) bond motifs is 12. The minimum absolute atomic E-state index is 0.0507. The highest BCUT2D eigenvalue weighted by atomic mass is 16.5. The summed E-state index contributed by atoms with van der Waals surface area (Å²) in [6, 6.07) is 51.4. The maximum Gasteiger partial charge on any atom is 0.146 e. The summed E-state index contributed by atoms with van der Waals surface area (Å²) < 4.78 is 13.7. The molecule has 2 heterocycles. The molecule has 0 radical (unpaired) electrons. The lowest BCUT2D eigenvalue weighted by atomic mass is 9.80. The highest BCUT2D eigenvalue weighted by molar-refractivity contribution is 6.13. The Hall–Kier alpha value is -6.38. The van der Waals surface area contributed by atoms with Crippen molar-refractivity contribution < 1.29 is 9.15 Å². The number of allylic oxidation sites excluding steroid dienone is 2. The van der Waals surface area contributed by atoms with Gasteiger partial charge in [-0.05, 0) is 109 Å². The van der Waals surface area contributed by atoms with E-state index in [0.29, 0.717) is 0 Å². The quantitative estimate of drug-likeness (QED) is 0.181. The predicted octanol–water partition coefficient (Wildman–Crippen LogP) is 14.0. The zero-order chi connectivity index (χ0) is 37.5. The van der Waals surface area contributed by atoms with Gasteiger partial charge in [-0.3, -0.25) is 0 Å². The minimum Gasteiger partial charge on any atom is -0.484 e. The van der Waals surface area contributed by atoms with Crippen LogP contribution in [0.1, 0.15) is 67.0 Å². The van der Waals surface area contributed by atoms with Crippen LogP contribution in [0.5, 0.6) is 5.75 Å². The van der Waals surface area contributed by atoms with Gasteiger partial charge in [0.1, 0.15) is 23.0 Å². The van der Waals surface area contributed by atoms with E-state index in [1.54, 1.807) is 0 Å². The van der Waals surface area contributed by atoms with Crippen molar-refractivity contribution in [3.05, 3.63) is 191 Å². The third-order valence-electron chi connectivity index (χ3n) is 13.4. The van der Waals surface area contributed by atoms with Crippen LogP contribution in [0.4, 0.5) is 0 Å². The highest BCUT2D eigenvalue weighted by Crippen LogP contribution is 2.55. The summed E-state index contributed by atoms with van der Waals surface area (Å²) in [6.07, 6.45) is 6.87. The van der Waals surface area contributed by atoms with Crippen molar-refractivity contribution in [2.75, 3.05) is 0 Å². The molecule has 12 rings (SSSR count). The Balaban J connectivity index is 1.00. The second kappa shape index (κ2) is 11.1. The second-order valence-electron chi connectivity index (χ2n) is 17.2. The standard InChI is InChI=1S/C54H40O2/c1-53(2)44-16-10-8-14-36(44)38-22-18-34(28-46(38)53)32-20-24-48-40(26-32)42-30-43-41-27-33(35-19-23-39-37-15-9-11-17-45(37)54(3,4)47(39)29-35)21-25-49(41)56-52(43)50(51(42)55-48)31-12-6-5-7-13-31/h5-30,40,48H,1-4H3. The average Bonchev–Trinajstić information content (AvgIpc) is 3.92. The van der Waals surface area contributed by atoms with Crippen LogP contribution in [0.25, 0.3) is 72.0 Å². The van der Waals surface area contributed by atoms with E-state index in [1.807, 2.05) is 0 Å². The van der Waals surface area contributed by atoms with Gasteiger partial charge >= 0.3 is 0 Å². The van der Waals surface area contributed by atoms with Gasteiger partial charge < -0.3 is 9.15 Å². The van der Waals surface area contributed by atoms with E-state index in [1.165, 1.54) is 72.3 Å². The molecule has 3 aliphatic carbocycles. The van der Waals surface area contributed by atoms with Gasteiger partial charge in [-0.25, -0.2) is 0 Å². The van der Waals surface area contributed by atoms with Crippen molar-refractivity contribution in [2.24, 2.45) is 0 Å². The van der Waals surface area contributed by atoms with E-state index < -0.39 is 0 Å². The molecule has 0 saturated carbocycles. The SMILES string of the molecule is CC1(C)c2ccccc2-c2ccc(C3=CC4c5cc6c(oc7ccc(-c8ccc9c(c8)C(C)(C)c8ccccc8-9)cc76)c(-c6ccccc6)c5OC4C=C3)cc21. The molecule has 56 heavy (non-hydrogen) atoms. The van der Waals surface area contributed by atoms with Crippen molar-refractivity contribution in [1.29, 1.82) is 0 Å². The van der Waals surface area contributed by atoms with Gasteiger partial charge in [0.05, 0.1) is 5.56 Å². The molecule has 2 nitrogen and oxygen atoms in total. The van der Waals surface area contributed by atoms with Crippen molar-refractivity contribution in [3.63, 3.8) is 0 Å². The normalized spacial score (nSPS) is 18.8. The predicted molar refractivity (Wildman–Crippen MR) is 230 cm³/mol. The van der Waals surface area contributed by atoms with Crippen molar-refractivity contribution in [1.82, 2.24) is 0 Å². The second-order valence-corrected chi connectivity index (χ2v) is 17.2. The largest absolute Gasteiger partial charge is 0.484 e. The van der Waals surface area contributed by atoms with Crippen LogP contribution >= 0.6 is 0 Å². The minimum atomic E-state index is -0.0847. The Morgan fingerprint density at radius 1 is 0.500 bits per heavy atom. The third-order valence-corrected chi connectivity index (χ3v) is 13.4. The number of furan rings is 1. The fourth-order valence-corrected chi connectivity index (χ4v) is 10.5. The van der Waals surface area contributed by atoms with E-state index in [9.17, 15) is 0 Å². The van der Waals surface area contributed by atoms with Crippen LogP contribution in [0.3, 0.4) is 0 Å². The molecule has 0 N–H and O–H groups in total. The summed E-state index contributed by atoms with van der Waals surface area (Å²) >= 11 is 0. The van der Waals surface area contributed by atoms with Gasteiger partial charge in [0.15, 0.2) is 0 Å². The van der Waals surface area contributed by atoms with E-state index in [-0.39, 0.29) is 22.9 Å². The van der Waals surface area contributed by atoms with Crippen LogP contribution in [0.15, 0.2) is 162 Å². The molecule has 7 aromatic carbocycles. The van der Waals surface area contributed by atoms with Crippen LogP contribution in [0.2, 0.25) is 0 Å². The number of benzene rings is 7. The summed E-state index contributed by atoms with van der Waals surface area (Å²) in [5, 5.41) is 2.25. The van der Waals surface area contributed by atoms with Crippen molar-refractivity contribution in [2.45, 2.75) is 50.5 Å². The van der Waals surface area contributed by atoms with Gasteiger partial charge in [-0.1, -0.05) is 149 Å². The lowest BCUT2D eigenvalue weighted by Gasteiger charge is -2.23. The summed E-state index contributed by atoms with van der Waals surface area (Å²) in [5.41, 5.74) is 20.8. The van der Waals surface area contributed by atoms with E-state index in [2.05, 4.69) is 185 Å². The molecule has 1 aliphatic heterocycles. The first-order valence-corrected chi connectivity index (χ1v) is 19.9. The lowest BCUT2D eigenvalue weighted by Crippen LogP contribution is -2.17. The number of rotatable bonds is 3. The maximum absolute atomic E-state index is 6.92. The Morgan fingerprint density at radius 2 is 1.09 bits per heavy atom. The first kappa shape index (κ1) is 31.9. The molecule has 0 fully saturated rings. The van der Waals surface area contributed by atoms with Crippen molar-refractivity contribution >= 4 is 27.5 Å². The van der Waals surface area contributed by atoms with E-state index >= 15 is 0 Å². The topological polar surface area (TPSA) is 22.4 Å². The van der Waals surface area contributed by atoms with Gasteiger partial charge in [-0.2, -0.15) is 0 Å². The molecule has 8 aromatic rings. The molecule has 0 bridgehead atoms. The third kappa shape index (κ3) is 4.27. The Kier molecular flexibility index (Phi) is 6.33. The number of ether oxygens (including phenoxy) is 1. The molecule has 1 aromatic heterocycles. The smallest absolute Gasteiger partial charge is 0.146 e. The summed E-state index contributed by atoms with van der Waals surface area (Å²) in [5.74, 6) is 0.995. The van der Waals surface area contributed by atoms with Crippen LogP contribution in [0, 0.1) is 0 Å². The Labute approximate surface area is 327 Å². The number of hydrogen-bond donors (Lipinski definition) is 0. The summed E-state index contributed by atoms with van der Waals surface area (Å²) in [6.45, 7) is 9.40. The molecule has 268 valence electrons. The number of hydrogen-bond acceptors (Lipinski definition) is 2. The van der Waals surface area contributed by atoms with Crippen molar-refractivity contribution in [3.8, 4) is 50.3 Å². The molecular formula is C54H40O2. The molecule has 4 aliphatic rings. The Bertz CT molecular complexity index is 3060. The summed E-state index contributed by atoms with van der Waals surface area (Å²) in [7, 11) is 0. The van der Waals surface area contributed by atoms with Crippen LogP contribution in [-0.2, 0) is 10.8 Å². The molecule has 2 atom stereocenters. The molecular weight excluding hydrogens is 681 g/mol. The van der Waals surface area contributed by atoms with E-state index in [4.69, 9.17) is 9.15 Å². The van der Waals surface area contributed by atoms with E-state index in [0.717, 1.165) is 38.8 Å².